The zero-order valence-electron chi connectivity index (χ0n) is 6.97. The van der Waals surface area contributed by atoms with Crippen molar-refractivity contribution in [3.8, 4) is 0 Å². The fraction of sp³-hybridized carbons (Fsp3) is 0.111. The van der Waals surface area contributed by atoms with Crippen molar-refractivity contribution in [2.75, 3.05) is 0 Å². The Hall–Kier alpha value is -1.71. The van der Waals surface area contributed by atoms with Crippen LogP contribution in [0.15, 0.2) is 24.8 Å². The summed E-state index contributed by atoms with van der Waals surface area (Å²) in [7, 11) is 0. The summed E-state index contributed by atoms with van der Waals surface area (Å²) in [6, 6.07) is 1.77. The highest BCUT2D eigenvalue weighted by Gasteiger charge is 2.06. The molecule has 2 heterocycles. The van der Waals surface area contributed by atoms with Gasteiger partial charge in [0.25, 0.3) is 0 Å². The molecular formula is C9H8N3O. The molecule has 0 amide bonds. The van der Waals surface area contributed by atoms with E-state index < -0.39 is 0 Å². The van der Waals surface area contributed by atoms with Gasteiger partial charge in [-0.25, -0.2) is 4.98 Å². The molecule has 4 nitrogen and oxygen atoms in total. The average molecular weight is 174 g/mol. The smallest absolute Gasteiger partial charge is 0.232 e. The first-order valence-electron chi connectivity index (χ1n) is 3.92. The number of hydrogen-bond acceptors (Lipinski definition) is 3. The number of imidazole rings is 1. The number of rotatable bonds is 1. The van der Waals surface area contributed by atoms with Crippen LogP contribution in [0.3, 0.4) is 0 Å². The molecule has 2 aromatic rings. The number of fused-ring (bicyclic) bond motifs is 1. The molecule has 1 radical (unpaired) electrons. The highest BCUT2D eigenvalue weighted by atomic mass is 16.2. The van der Waals surface area contributed by atoms with Gasteiger partial charge in [0.05, 0.1) is 17.2 Å². The number of pyridine rings is 1. The lowest BCUT2D eigenvalue weighted by atomic mass is 10.4. The molecule has 0 spiro atoms. The summed E-state index contributed by atoms with van der Waals surface area (Å²) < 4.78 is 1.47. The second-order valence-corrected chi connectivity index (χ2v) is 2.62. The van der Waals surface area contributed by atoms with E-state index in [1.807, 2.05) is 0 Å². The zero-order valence-corrected chi connectivity index (χ0v) is 6.97. The summed E-state index contributed by atoms with van der Waals surface area (Å²) in [4.78, 5) is 19.3. The Balaban J connectivity index is 2.64. The van der Waals surface area contributed by atoms with Crippen LogP contribution in [0.2, 0.25) is 0 Å². The van der Waals surface area contributed by atoms with E-state index >= 15 is 0 Å². The number of hydrogen-bond donors (Lipinski definition) is 0. The van der Waals surface area contributed by atoms with Crippen molar-refractivity contribution in [1.82, 2.24) is 14.5 Å². The Labute approximate surface area is 75.2 Å². The fourth-order valence-electron chi connectivity index (χ4n) is 1.17. The third-order valence-corrected chi connectivity index (χ3v) is 1.83. The van der Waals surface area contributed by atoms with Gasteiger partial charge in [-0.1, -0.05) is 0 Å². The van der Waals surface area contributed by atoms with Crippen LogP contribution in [-0.2, 0) is 0 Å². The minimum atomic E-state index is -0.0736. The van der Waals surface area contributed by atoms with Crippen molar-refractivity contribution in [2.45, 2.75) is 6.42 Å². The van der Waals surface area contributed by atoms with Crippen molar-refractivity contribution in [2.24, 2.45) is 0 Å². The van der Waals surface area contributed by atoms with Crippen molar-refractivity contribution in [3.63, 3.8) is 0 Å². The minimum absolute atomic E-state index is 0.0736. The second kappa shape index (κ2) is 2.97. The van der Waals surface area contributed by atoms with Gasteiger partial charge in [0.2, 0.25) is 5.91 Å². The summed E-state index contributed by atoms with van der Waals surface area (Å²) in [5, 5.41) is 0. The zero-order chi connectivity index (χ0) is 9.26. The first-order valence-corrected chi connectivity index (χ1v) is 3.92. The molecule has 0 saturated heterocycles. The average Bonchev–Trinajstić information content (AvgIpc) is 2.60. The van der Waals surface area contributed by atoms with E-state index in [1.54, 1.807) is 18.5 Å². The van der Waals surface area contributed by atoms with E-state index in [1.165, 1.54) is 10.9 Å². The van der Waals surface area contributed by atoms with Crippen LogP contribution in [0.1, 0.15) is 11.2 Å². The quantitative estimate of drug-likeness (QED) is 0.654. The summed E-state index contributed by atoms with van der Waals surface area (Å²) in [6.07, 6.45) is 4.99. The summed E-state index contributed by atoms with van der Waals surface area (Å²) >= 11 is 0. The molecule has 2 aromatic heterocycles. The van der Waals surface area contributed by atoms with Crippen molar-refractivity contribution in [1.29, 1.82) is 0 Å². The van der Waals surface area contributed by atoms with Gasteiger partial charge < -0.3 is 0 Å². The van der Waals surface area contributed by atoms with Gasteiger partial charge in [-0.05, 0) is 13.0 Å². The second-order valence-electron chi connectivity index (χ2n) is 2.62. The van der Waals surface area contributed by atoms with Crippen LogP contribution >= 0.6 is 0 Å². The Morgan fingerprint density at radius 1 is 1.62 bits per heavy atom. The Morgan fingerprint density at radius 2 is 2.46 bits per heavy atom. The van der Waals surface area contributed by atoms with Gasteiger partial charge in [-0.3, -0.25) is 14.3 Å². The molecule has 13 heavy (non-hydrogen) atoms. The maximum atomic E-state index is 11.3. The number of carbonyl (C=O) groups is 1. The van der Waals surface area contributed by atoms with Gasteiger partial charge >= 0.3 is 0 Å². The molecule has 0 bridgehead atoms. The standard InChI is InChI=1S/C9H8N3O/c1-2-9(13)12-6-11-7-3-4-10-5-8(7)12/h3-6H,1-2H2. The van der Waals surface area contributed by atoms with Crippen LogP contribution in [0.4, 0.5) is 0 Å². The first kappa shape index (κ1) is 7.91. The first-order chi connectivity index (χ1) is 6.33. The normalized spacial score (nSPS) is 10.5. The van der Waals surface area contributed by atoms with Crippen LogP contribution in [-0.4, -0.2) is 20.4 Å². The monoisotopic (exact) mass is 174 g/mol. The van der Waals surface area contributed by atoms with Crippen LogP contribution < -0.4 is 0 Å². The largest absolute Gasteiger partial charge is 0.274 e. The van der Waals surface area contributed by atoms with Crippen LogP contribution in [0.5, 0.6) is 0 Å². The van der Waals surface area contributed by atoms with Gasteiger partial charge in [-0.2, -0.15) is 0 Å². The van der Waals surface area contributed by atoms with Gasteiger partial charge in [0.1, 0.15) is 6.33 Å². The predicted molar refractivity (Wildman–Crippen MR) is 48.1 cm³/mol. The molecule has 2 rings (SSSR count). The number of carbonyl (C=O) groups excluding carboxylic acids is 1. The van der Waals surface area contributed by atoms with Crippen LogP contribution in [0, 0.1) is 6.92 Å². The summed E-state index contributed by atoms with van der Waals surface area (Å²) in [5.41, 5.74) is 1.51. The molecule has 0 fully saturated rings. The van der Waals surface area contributed by atoms with Crippen LogP contribution in [0.25, 0.3) is 11.0 Å². The van der Waals surface area contributed by atoms with Gasteiger partial charge in [0, 0.05) is 12.6 Å². The van der Waals surface area contributed by atoms with E-state index in [-0.39, 0.29) is 12.3 Å². The van der Waals surface area contributed by atoms with E-state index in [0.29, 0.717) is 0 Å². The minimum Gasteiger partial charge on any atom is -0.274 e. The summed E-state index contributed by atoms with van der Waals surface area (Å²) in [6.45, 7) is 3.53. The molecule has 4 heteroatoms. The molecule has 0 aliphatic heterocycles. The molecule has 0 aliphatic rings. The lowest BCUT2D eigenvalue weighted by Crippen LogP contribution is -2.06. The lowest BCUT2D eigenvalue weighted by Gasteiger charge is -1.97. The van der Waals surface area contributed by atoms with Crippen molar-refractivity contribution >= 4 is 16.9 Å². The van der Waals surface area contributed by atoms with Gasteiger partial charge in [0.15, 0.2) is 0 Å². The SMILES string of the molecule is [CH2]CC(=O)n1cnc2ccncc21. The molecule has 0 aliphatic carbocycles. The Morgan fingerprint density at radius 3 is 3.23 bits per heavy atom. The van der Waals surface area contributed by atoms with Crippen molar-refractivity contribution < 1.29 is 4.79 Å². The van der Waals surface area contributed by atoms with Gasteiger partial charge in [-0.15, -0.1) is 0 Å². The Bertz CT molecular complexity index is 447. The third-order valence-electron chi connectivity index (χ3n) is 1.83. The van der Waals surface area contributed by atoms with E-state index in [9.17, 15) is 4.79 Å². The van der Waals surface area contributed by atoms with E-state index in [4.69, 9.17) is 0 Å². The maximum Gasteiger partial charge on any atom is 0.232 e. The predicted octanol–water partition coefficient (Wildman–Crippen LogP) is 1.30. The Kier molecular flexibility index (Phi) is 1.81. The summed E-state index contributed by atoms with van der Waals surface area (Å²) in [5.74, 6) is -0.0736. The third kappa shape index (κ3) is 1.20. The number of nitrogens with zero attached hydrogens (tertiary/aromatic N) is 3. The number of aromatic nitrogens is 3. The van der Waals surface area contributed by atoms with E-state index in [2.05, 4.69) is 16.9 Å². The van der Waals surface area contributed by atoms with Crippen molar-refractivity contribution in [3.05, 3.63) is 31.7 Å². The molecular weight excluding hydrogens is 166 g/mol. The fourth-order valence-corrected chi connectivity index (χ4v) is 1.17. The van der Waals surface area contributed by atoms with E-state index in [0.717, 1.165) is 11.0 Å². The molecule has 0 atom stereocenters. The highest BCUT2D eigenvalue weighted by molar-refractivity contribution is 5.89. The topological polar surface area (TPSA) is 47.8 Å². The molecule has 0 saturated carbocycles. The molecule has 0 N–H and O–H groups in total. The highest BCUT2D eigenvalue weighted by Crippen LogP contribution is 2.10. The lowest BCUT2D eigenvalue weighted by molar-refractivity contribution is 0.0921. The molecule has 0 aromatic carbocycles. The molecule has 0 unspecified atom stereocenters. The maximum absolute atomic E-state index is 11.3. The molecule has 65 valence electrons.